The Morgan fingerprint density at radius 2 is 2.33 bits per heavy atom. The summed E-state index contributed by atoms with van der Waals surface area (Å²) in [6, 6.07) is 5.71. The first-order chi connectivity index (χ1) is 8.61. The molecule has 1 saturated heterocycles. The van der Waals surface area contributed by atoms with Crippen LogP contribution in [0.25, 0.3) is 0 Å². The topological polar surface area (TPSA) is 49.8 Å². The monoisotopic (exact) mass is 249 g/mol. The van der Waals surface area contributed by atoms with Crippen LogP contribution in [0.15, 0.2) is 18.2 Å². The minimum Gasteiger partial charge on any atom is -0.496 e. The van der Waals surface area contributed by atoms with E-state index in [2.05, 4.69) is 0 Å². The molecule has 98 valence electrons. The number of hydrogen-bond donors (Lipinski definition) is 1. The summed E-state index contributed by atoms with van der Waals surface area (Å²) < 4.78 is 5.29. The predicted molar refractivity (Wildman–Crippen MR) is 68.8 cm³/mol. The summed E-state index contributed by atoms with van der Waals surface area (Å²) in [5.74, 6) is 0.144. The maximum Gasteiger partial charge on any atom is 0.320 e. The van der Waals surface area contributed by atoms with Crippen LogP contribution in [0.2, 0.25) is 0 Å². The summed E-state index contributed by atoms with van der Waals surface area (Å²) in [5, 5.41) is 9.14. The molecule has 1 N–H and O–H groups in total. The molecule has 0 aromatic heterocycles. The van der Waals surface area contributed by atoms with Gasteiger partial charge in [0.2, 0.25) is 0 Å². The number of nitrogens with zero attached hydrogens (tertiary/aromatic N) is 1. The van der Waals surface area contributed by atoms with E-state index in [1.165, 1.54) is 0 Å². The van der Waals surface area contributed by atoms with Crippen LogP contribution in [0.3, 0.4) is 0 Å². The Kier molecular flexibility index (Phi) is 3.87. The lowest BCUT2D eigenvalue weighted by Gasteiger charge is -2.21. The zero-order valence-corrected chi connectivity index (χ0v) is 10.8. The number of carboxylic acid groups (broad SMARTS) is 1. The van der Waals surface area contributed by atoms with Crippen molar-refractivity contribution in [2.75, 3.05) is 13.7 Å². The van der Waals surface area contributed by atoms with E-state index >= 15 is 0 Å². The highest BCUT2D eigenvalue weighted by molar-refractivity contribution is 5.73. The van der Waals surface area contributed by atoms with Gasteiger partial charge in [-0.1, -0.05) is 12.1 Å². The third kappa shape index (κ3) is 2.64. The van der Waals surface area contributed by atoms with Crippen LogP contribution in [0.1, 0.15) is 24.0 Å². The quantitative estimate of drug-likeness (QED) is 0.887. The standard InChI is InChI=1S/C14H19NO3/c1-10-5-6-11(8-13(10)18-2)9-15-7-3-4-12(15)14(16)17/h5-6,8,12H,3-4,7,9H2,1-2H3,(H,16,17)/t12-/m0/s1. The third-order valence-electron chi connectivity index (χ3n) is 3.51. The Morgan fingerprint density at radius 1 is 1.56 bits per heavy atom. The van der Waals surface area contributed by atoms with E-state index < -0.39 is 5.97 Å². The number of benzene rings is 1. The average molecular weight is 249 g/mol. The fourth-order valence-electron chi connectivity index (χ4n) is 2.49. The van der Waals surface area contributed by atoms with Gasteiger partial charge < -0.3 is 9.84 Å². The molecule has 1 aromatic rings. The number of methoxy groups -OCH3 is 1. The lowest BCUT2D eigenvalue weighted by molar-refractivity contribution is -0.142. The van der Waals surface area contributed by atoms with Crippen LogP contribution in [0.5, 0.6) is 5.75 Å². The highest BCUT2D eigenvalue weighted by Gasteiger charge is 2.30. The first-order valence-electron chi connectivity index (χ1n) is 6.22. The fraction of sp³-hybridized carbons (Fsp3) is 0.500. The summed E-state index contributed by atoms with van der Waals surface area (Å²) >= 11 is 0. The van der Waals surface area contributed by atoms with E-state index in [9.17, 15) is 4.79 Å². The Labute approximate surface area is 107 Å². The van der Waals surface area contributed by atoms with E-state index in [-0.39, 0.29) is 6.04 Å². The lowest BCUT2D eigenvalue weighted by Crippen LogP contribution is -2.35. The maximum absolute atomic E-state index is 11.1. The molecule has 18 heavy (non-hydrogen) atoms. The zero-order chi connectivity index (χ0) is 13.1. The predicted octanol–water partition coefficient (Wildman–Crippen LogP) is 2.05. The second-order valence-electron chi connectivity index (χ2n) is 4.77. The number of carbonyl (C=O) groups is 1. The van der Waals surface area contributed by atoms with E-state index in [1.54, 1.807) is 7.11 Å². The number of hydrogen-bond acceptors (Lipinski definition) is 3. The molecule has 1 aromatic carbocycles. The van der Waals surface area contributed by atoms with Gasteiger partial charge in [-0.2, -0.15) is 0 Å². The molecule has 0 bridgehead atoms. The van der Waals surface area contributed by atoms with Crippen molar-refractivity contribution in [2.45, 2.75) is 32.4 Å². The average Bonchev–Trinajstić information content (AvgIpc) is 2.80. The zero-order valence-electron chi connectivity index (χ0n) is 10.8. The Bertz CT molecular complexity index is 445. The second-order valence-corrected chi connectivity index (χ2v) is 4.77. The number of aryl methyl sites for hydroxylation is 1. The van der Waals surface area contributed by atoms with Crippen molar-refractivity contribution in [2.24, 2.45) is 0 Å². The van der Waals surface area contributed by atoms with E-state index in [4.69, 9.17) is 9.84 Å². The van der Waals surface area contributed by atoms with Crippen molar-refractivity contribution in [1.82, 2.24) is 4.90 Å². The SMILES string of the molecule is COc1cc(CN2CCC[C@H]2C(=O)O)ccc1C. The molecule has 0 aliphatic carbocycles. The van der Waals surface area contributed by atoms with Crippen molar-refractivity contribution >= 4 is 5.97 Å². The number of likely N-dealkylation sites (tertiary alicyclic amines) is 1. The molecule has 2 rings (SSSR count). The second kappa shape index (κ2) is 5.40. The van der Waals surface area contributed by atoms with Crippen LogP contribution in [-0.2, 0) is 11.3 Å². The van der Waals surface area contributed by atoms with Crippen LogP contribution < -0.4 is 4.74 Å². The highest BCUT2D eigenvalue weighted by Crippen LogP contribution is 2.24. The summed E-state index contributed by atoms with van der Waals surface area (Å²) in [6.07, 6.45) is 1.71. The van der Waals surface area contributed by atoms with Crippen molar-refractivity contribution in [3.8, 4) is 5.75 Å². The molecule has 1 fully saturated rings. The smallest absolute Gasteiger partial charge is 0.320 e. The highest BCUT2D eigenvalue weighted by atomic mass is 16.5. The minimum atomic E-state index is -0.716. The summed E-state index contributed by atoms with van der Waals surface area (Å²) in [5.41, 5.74) is 2.20. The molecule has 1 aliphatic heterocycles. The molecular weight excluding hydrogens is 230 g/mol. The van der Waals surface area contributed by atoms with E-state index in [1.807, 2.05) is 30.0 Å². The van der Waals surface area contributed by atoms with Crippen LogP contribution in [0, 0.1) is 6.92 Å². The first kappa shape index (κ1) is 12.9. The Hall–Kier alpha value is -1.55. The summed E-state index contributed by atoms with van der Waals surface area (Å²) in [4.78, 5) is 13.1. The fourth-order valence-corrected chi connectivity index (χ4v) is 2.49. The van der Waals surface area contributed by atoms with Crippen molar-refractivity contribution in [3.63, 3.8) is 0 Å². The van der Waals surface area contributed by atoms with Gasteiger partial charge in [0.05, 0.1) is 7.11 Å². The van der Waals surface area contributed by atoms with Crippen molar-refractivity contribution in [3.05, 3.63) is 29.3 Å². The third-order valence-corrected chi connectivity index (χ3v) is 3.51. The summed E-state index contributed by atoms with van der Waals surface area (Å²) in [7, 11) is 1.65. The molecule has 1 heterocycles. The van der Waals surface area contributed by atoms with Gasteiger partial charge in [-0.05, 0) is 43.5 Å². The normalized spacial score (nSPS) is 20.0. The summed E-state index contributed by atoms with van der Waals surface area (Å²) in [6.45, 7) is 3.53. The number of aliphatic carboxylic acids is 1. The molecule has 0 unspecified atom stereocenters. The first-order valence-corrected chi connectivity index (χ1v) is 6.22. The van der Waals surface area contributed by atoms with Crippen molar-refractivity contribution < 1.29 is 14.6 Å². The van der Waals surface area contributed by atoms with E-state index in [0.29, 0.717) is 6.54 Å². The molecule has 1 aliphatic rings. The van der Waals surface area contributed by atoms with Gasteiger partial charge in [0.1, 0.15) is 11.8 Å². The van der Waals surface area contributed by atoms with E-state index in [0.717, 1.165) is 36.3 Å². The largest absolute Gasteiger partial charge is 0.496 e. The molecule has 0 amide bonds. The van der Waals surface area contributed by atoms with Crippen LogP contribution in [0.4, 0.5) is 0 Å². The van der Waals surface area contributed by atoms with Gasteiger partial charge >= 0.3 is 5.97 Å². The molecule has 0 saturated carbocycles. The van der Waals surface area contributed by atoms with Crippen LogP contribution in [-0.4, -0.2) is 35.7 Å². The Morgan fingerprint density at radius 3 is 3.00 bits per heavy atom. The van der Waals surface area contributed by atoms with Gasteiger partial charge in [0, 0.05) is 6.54 Å². The molecule has 1 atom stereocenters. The van der Waals surface area contributed by atoms with Gasteiger partial charge in [0.15, 0.2) is 0 Å². The molecule has 0 spiro atoms. The number of rotatable bonds is 4. The van der Waals surface area contributed by atoms with Crippen molar-refractivity contribution in [1.29, 1.82) is 0 Å². The number of ether oxygens (including phenoxy) is 1. The van der Waals surface area contributed by atoms with Gasteiger partial charge in [-0.3, -0.25) is 9.69 Å². The Balaban J connectivity index is 2.11. The lowest BCUT2D eigenvalue weighted by atomic mass is 10.1. The number of carboxylic acids is 1. The minimum absolute atomic E-state index is 0.336. The molecule has 4 nitrogen and oxygen atoms in total. The van der Waals surface area contributed by atoms with Gasteiger partial charge in [0.25, 0.3) is 0 Å². The maximum atomic E-state index is 11.1. The van der Waals surface area contributed by atoms with Gasteiger partial charge in [-0.25, -0.2) is 0 Å². The van der Waals surface area contributed by atoms with Crippen LogP contribution >= 0.6 is 0 Å². The molecular formula is C14H19NO3. The van der Waals surface area contributed by atoms with Gasteiger partial charge in [-0.15, -0.1) is 0 Å². The molecule has 4 heteroatoms. The molecule has 0 radical (unpaired) electrons.